The molecule has 2 aromatic heterocycles. The van der Waals surface area contributed by atoms with Crippen molar-refractivity contribution in [3.05, 3.63) is 30.1 Å². The van der Waals surface area contributed by atoms with Gasteiger partial charge in [-0.15, -0.1) is 4.68 Å². The largest absolute Gasteiger partial charge is 0.442 e. The van der Waals surface area contributed by atoms with Gasteiger partial charge in [-0.05, 0) is 90.6 Å². The van der Waals surface area contributed by atoms with Crippen LogP contribution in [0.1, 0.15) is 72.9 Å². The van der Waals surface area contributed by atoms with Crippen LogP contribution >= 0.6 is 0 Å². The van der Waals surface area contributed by atoms with Crippen LogP contribution in [0.2, 0.25) is 0 Å². The molecule has 2 aromatic rings. The summed E-state index contributed by atoms with van der Waals surface area (Å²) in [5.41, 5.74) is 1.67. The van der Waals surface area contributed by atoms with Crippen molar-refractivity contribution < 1.29 is 14.3 Å². The number of likely N-dealkylation sites (tertiary alicyclic amines) is 1. The first-order valence-electron chi connectivity index (χ1n) is 12.8. The molecule has 8 heteroatoms. The van der Waals surface area contributed by atoms with Gasteiger partial charge < -0.3 is 15.0 Å². The Kier molecular flexibility index (Phi) is 9.05. The molecule has 0 bridgehead atoms. The van der Waals surface area contributed by atoms with Crippen LogP contribution in [0.15, 0.2) is 24.4 Å². The van der Waals surface area contributed by atoms with E-state index in [0.717, 1.165) is 54.8 Å². The van der Waals surface area contributed by atoms with Crippen LogP contribution in [0.25, 0.3) is 11.3 Å². The van der Waals surface area contributed by atoms with Crippen molar-refractivity contribution in [1.29, 1.82) is 0 Å². The first kappa shape index (κ1) is 26.9. The van der Waals surface area contributed by atoms with Gasteiger partial charge in [0, 0.05) is 29.4 Å². The van der Waals surface area contributed by atoms with E-state index in [-0.39, 0.29) is 11.8 Å². The highest BCUT2D eigenvalue weighted by molar-refractivity contribution is 5.94. The van der Waals surface area contributed by atoms with Gasteiger partial charge in [-0.3, -0.25) is 9.78 Å². The van der Waals surface area contributed by atoms with Crippen molar-refractivity contribution in [3.8, 4) is 11.3 Å². The summed E-state index contributed by atoms with van der Waals surface area (Å²) in [6.45, 7) is 14.8. The van der Waals surface area contributed by atoms with Crippen molar-refractivity contribution >= 4 is 17.8 Å². The Morgan fingerprint density at radius 2 is 1.83 bits per heavy atom. The Bertz CT molecular complexity index is 985. The number of ether oxygens (including phenoxy) is 1. The molecule has 1 unspecified atom stereocenters. The SMILES string of the molecule is CC(C)CCc1ccc(-c2cc(NC(=O)C(C)CCN3CCCC3)n(C(=O)OC(C)(C)C)n2)cn1. The zero-order valence-electron chi connectivity index (χ0n) is 22.1. The van der Waals surface area contributed by atoms with Crippen molar-refractivity contribution in [2.24, 2.45) is 11.8 Å². The summed E-state index contributed by atoms with van der Waals surface area (Å²) in [5.74, 6) is 0.589. The van der Waals surface area contributed by atoms with E-state index in [2.05, 4.69) is 34.1 Å². The number of aromatic nitrogens is 3. The number of pyridine rings is 1. The minimum absolute atomic E-state index is 0.136. The predicted octanol–water partition coefficient (Wildman–Crippen LogP) is 5.38. The van der Waals surface area contributed by atoms with Gasteiger partial charge in [0.05, 0.1) is 5.69 Å². The van der Waals surface area contributed by atoms with Gasteiger partial charge in [0.15, 0.2) is 0 Å². The van der Waals surface area contributed by atoms with Crippen LogP contribution in [0.3, 0.4) is 0 Å². The lowest BCUT2D eigenvalue weighted by atomic mass is 10.1. The Balaban J connectivity index is 1.76. The fourth-order valence-corrected chi connectivity index (χ4v) is 3.98. The Hall–Kier alpha value is -2.74. The number of anilines is 1. The maximum Gasteiger partial charge on any atom is 0.437 e. The zero-order chi connectivity index (χ0) is 25.6. The molecule has 0 saturated carbocycles. The van der Waals surface area contributed by atoms with Crippen molar-refractivity contribution in [2.45, 2.75) is 79.2 Å². The summed E-state index contributed by atoms with van der Waals surface area (Å²) >= 11 is 0. The van der Waals surface area contributed by atoms with Gasteiger partial charge in [-0.1, -0.05) is 20.8 Å². The fraction of sp³-hybridized carbons (Fsp3) is 0.630. The minimum atomic E-state index is -0.687. The third-order valence-corrected chi connectivity index (χ3v) is 6.15. The number of carbonyl (C=O) groups is 2. The Labute approximate surface area is 209 Å². The van der Waals surface area contributed by atoms with Gasteiger partial charge in [-0.25, -0.2) is 4.79 Å². The number of aryl methyl sites for hydroxylation is 1. The molecule has 0 aromatic carbocycles. The van der Waals surface area contributed by atoms with Gasteiger partial charge in [-0.2, -0.15) is 5.10 Å². The fourth-order valence-electron chi connectivity index (χ4n) is 3.98. The maximum atomic E-state index is 13.0. The number of hydrogen-bond donors (Lipinski definition) is 1. The molecule has 8 nitrogen and oxygen atoms in total. The van der Waals surface area contributed by atoms with E-state index in [0.29, 0.717) is 17.4 Å². The lowest BCUT2D eigenvalue weighted by molar-refractivity contribution is -0.119. The van der Waals surface area contributed by atoms with E-state index >= 15 is 0 Å². The van der Waals surface area contributed by atoms with Crippen LogP contribution in [0, 0.1) is 11.8 Å². The molecule has 1 N–H and O–H groups in total. The highest BCUT2D eigenvalue weighted by Crippen LogP contribution is 2.24. The number of amides is 1. The zero-order valence-corrected chi connectivity index (χ0v) is 22.1. The first-order valence-corrected chi connectivity index (χ1v) is 12.8. The molecule has 1 aliphatic heterocycles. The van der Waals surface area contributed by atoms with E-state index in [4.69, 9.17) is 4.74 Å². The second kappa shape index (κ2) is 11.8. The van der Waals surface area contributed by atoms with Crippen LogP contribution in [-0.4, -0.2) is 56.9 Å². The number of carbonyl (C=O) groups excluding carboxylic acids is 2. The molecule has 1 fully saturated rings. The van der Waals surface area contributed by atoms with Crippen molar-refractivity contribution in [3.63, 3.8) is 0 Å². The average molecular weight is 484 g/mol. The second-order valence-electron chi connectivity index (χ2n) is 11.0. The van der Waals surface area contributed by atoms with Gasteiger partial charge >= 0.3 is 6.09 Å². The van der Waals surface area contributed by atoms with E-state index in [1.807, 2.05) is 19.1 Å². The molecule has 3 heterocycles. The smallest absolute Gasteiger partial charge is 0.437 e. The molecule has 3 rings (SSSR count). The topological polar surface area (TPSA) is 89.4 Å². The van der Waals surface area contributed by atoms with Gasteiger partial charge in [0.25, 0.3) is 0 Å². The predicted molar refractivity (Wildman–Crippen MR) is 138 cm³/mol. The third kappa shape index (κ3) is 8.16. The quantitative estimate of drug-likeness (QED) is 0.515. The molecule has 35 heavy (non-hydrogen) atoms. The van der Waals surface area contributed by atoms with Crippen molar-refractivity contribution in [1.82, 2.24) is 19.7 Å². The van der Waals surface area contributed by atoms with E-state index in [1.54, 1.807) is 33.0 Å². The first-order chi connectivity index (χ1) is 16.5. The van der Waals surface area contributed by atoms with Crippen LogP contribution < -0.4 is 5.32 Å². The van der Waals surface area contributed by atoms with Crippen LogP contribution in [0.5, 0.6) is 0 Å². The molecule has 1 atom stereocenters. The van der Waals surface area contributed by atoms with E-state index in [1.165, 1.54) is 12.8 Å². The minimum Gasteiger partial charge on any atom is -0.442 e. The summed E-state index contributed by atoms with van der Waals surface area (Å²) in [5, 5.41) is 7.38. The number of hydrogen-bond acceptors (Lipinski definition) is 6. The lowest BCUT2D eigenvalue weighted by Crippen LogP contribution is -2.31. The summed E-state index contributed by atoms with van der Waals surface area (Å²) in [7, 11) is 0. The number of rotatable bonds is 9. The highest BCUT2D eigenvalue weighted by Gasteiger charge is 2.25. The molecule has 1 amide bonds. The van der Waals surface area contributed by atoms with Gasteiger partial charge in [0.2, 0.25) is 5.91 Å². The van der Waals surface area contributed by atoms with Crippen LogP contribution in [0.4, 0.5) is 10.6 Å². The highest BCUT2D eigenvalue weighted by atomic mass is 16.6. The molecule has 192 valence electrons. The summed E-state index contributed by atoms with van der Waals surface area (Å²) in [4.78, 5) is 32.8. The van der Waals surface area contributed by atoms with Crippen LogP contribution in [-0.2, 0) is 16.0 Å². The molecule has 0 aliphatic carbocycles. The average Bonchev–Trinajstić information content (AvgIpc) is 3.45. The second-order valence-corrected chi connectivity index (χ2v) is 11.0. The molecule has 0 spiro atoms. The maximum absolute atomic E-state index is 13.0. The summed E-state index contributed by atoms with van der Waals surface area (Å²) < 4.78 is 6.67. The lowest BCUT2D eigenvalue weighted by Gasteiger charge is -2.20. The van der Waals surface area contributed by atoms with Crippen molar-refractivity contribution in [2.75, 3.05) is 25.0 Å². The molecule has 1 aliphatic rings. The Morgan fingerprint density at radius 1 is 1.11 bits per heavy atom. The monoisotopic (exact) mass is 483 g/mol. The van der Waals surface area contributed by atoms with E-state index in [9.17, 15) is 9.59 Å². The molecular weight excluding hydrogens is 442 g/mol. The molecule has 1 saturated heterocycles. The third-order valence-electron chi connectivity index (χ3n) is 6.15. The van der Waals surface area contributed by atoms with Gasteiger partial charge in [0.1, 0.15) is 11.4 Å². The molecule has 0 radical (unpaired) electrons. The number of nitrogens with zero attached hydrogens (tertiary/aromatic N) is 4. The normalized spacial score (nSPS) is 15.4. The summed E-state index contributed by atoms with van der Waals surface area (Å²) in [6, 6.07) is 5.65. The Morgan fingerprint density at radius 3 is 2.43 bits per heavy atom. The number of nitrogens with one attached hydrogen (secondary N) is 1. The molecular formula is C27H41N5O3. The standard InChI is InChI=1S/C27H41N5O3/c1-19(2)9-11-22-12-10-21(18-28-22)23-17-24(32(30-23)26(34)35-27(4,5)6)29-25(33)20(3)13-16-31-14-7-8-15-31/h10,12,17-20H,7-9,11,13-16H2,1-6H3,(H,29,33). The van der Waals surface area contributed by atoms with E-state index < -0.39 is 11.7 Å². The summed E-state index contributed by atoms with van der Waals surface area (Å²) in [6.07, 6.45) is 6.35.